The van der Waals surface area contributed by atoms with Crippen molar-refractivity contribution in [3.63, 3.8) is 0 Å². The summed E-state index contributed by atoms with van der Waals surface area (Å²) in [5.74, 6) is 0. The summed E-state index contributed by atoms with van der Waals surface area (Å²) < 4.78 is 1.17. The number of halogens is 1. The number of hydrogen-bond acceptors (Lipinski definition) is 0. The highest BCUT2D eigenvalue weighted by Crippen LogP contribution is 2.30. The van der Waals surface area contributed by atoms with Gasteiger partial charge in [-0.15, -0.1) is 0 Å². The van der Waals surface area contributed by atoms with Crippen LogP contribution in [0.5, 0.6) is 0 Å². The first-order chi connectivity index (χ1) is 6.56. The summed E-state index contributed by atoms with van der Waals surface area (Å²) in [5.41, 5.74) is 5.13. The van der Waals surface area contributed by atoms with Gasteiger partial charge >= 0.3 is 0 Å². The average molecular weight is 253 g/mol. The lowest BCUT2D eigenvalue weighted by atomic mass is 9.97. The van der Waals surface area contributed by atoms with Crippen LogP contribution < -0.4 is 0 Å². The predicted octanol–water partition coefficient (Wildman–Crippen LogP) is 4.88. The lowest BCUT2D eigenvalue weighted by Crippen LogP contribution is -1.91. The van der Waals surface area contributed by atoms with Gasteiger partial charge in [-0.25, -0.2) is 0 Å². The fourth-order valence-corrected chi connectivity index (χ4v) is 2.74. The molecule has 0 bridgehead atoms. The summed E-state index contributed by atoms with van der Waals surface area (Å²) in [6.45, 7) is 10.6. The standard InChI is InChI=1S/C13H17Br/c1-5-6-10(3)13-11(4)7-9(2)8-12(13)14/h7-8H,3,5-6H2,1-2,4H3. The van der Waals surface area contributed by atoms with Crippen LogP contribution in [0.25, 0.3) is 5.57 Å². The molecule has 0 nitrogen and oxygen atoms in total. The molecule has 0 aliphatic rings. The topological polar surface area (TPSA) is 0 Å². The molecule has 0 aromatic heterocycles. The van der Waals surface area contributed by atoms with Crippen molar-refractivity contribution in [2.75, 3.05) is 0 Å². The van der Waals surface area contributed by atoms with Gasteiger partial charge in [-0.05, 0) is 48.6 Å². The van der Waals surface area contributed by atoms with Crippen molar-refractivity contribution in [3.8, 4) is 0 Å². The van der Waals surface area contributed by atoms with E-state index in [0.717, 1.165) is 12.8 Å². The van der Waals surface area contributed by atoms with Gasteiger partial charge in [0.2, 0.25) is 0 Å². The molecule has 0 unspecified atom stereocenters. The Labute approximate surface area is 95.2 Å². The summed E-state index contributed by atoms with van der Waals surface area (Å²) >= 11 is 3.61. The number of allylic oxidation sites excluding steroid dienone is 1. The third-order valence-corrected chi connectivity index (χ3v) is 2.96. The zero-order valence-electron chi connectivity index (χ0n) is 9.15. The van der Waals surface area contributed by atoms with Crippen molar-refractivity contribution in [1.29, 1.82) is 0 Å². The highest BCUT2D eigenvalue weighted by atomic mass is 79.9. The van der Waals surface area contributed by atoms with E-state index in [4.69, 9.17) is 0 Å². The van der Waals surface area contributed by atoms with E-state index in [0.29, 0.717) is 0 Å². The Hall–Kier alpha value is -0.560. The van der Waals surface area contributed by atoms with Crippen LogP contribution in [-0.4, -0.2) is 0 Å². The van der Waals surface area contributed by atoms with Crippen molar-refractivity contribution in [2.24, 2.45) is 0 Å². The first-order valence-electron chi connectivity index (χ1n) is 5.01. The third kappa shape index (κ3) is 2.48. The molecule has 14 heavy (non-hydrogen) atoms. The van der Waals surface area contributed by atoms with E-state index in [1.165, 1.54) is 26.7 Å². The molecule has 1 heteroatoms. The van der Waals surface area contributed by atoms with E-state index in [1.54, 1.807) is 0 Å². The zero-order valence-corrected chi connectivity index (χ0v) is 10.7. The van der Waals surface area contributed by atoms with Crippen molar-refractivity contribution in [1.82, 2.24) is 0 Å². The molecule has 76 valence electrons. The van der Waals surface area contributed by atoms with E-state index < -0.39 is 0 Å². The van der Waals surface area contributed by atoms with E-state index in [1.807, 2.05) is 0 Å². The quantitative estimate of drug-likeness (QED) is 0.720. The number of hydrogen-bond donors (Lipinski definition) is 0. The first kappa shape index (κ1) is 11.5. The smallest absolute Gasteiger partial charge is 0.0255 e. The van der Waals surface area contributed by atoms with Crippen LogP contribution in [0.2, 0.25) is 0 Å². The van der Waals surface area contributed by atoms with E-state index in [-0.39, 0.29) is 0 Å². The fraction of sp³-hybridized carbons (Fsp3) is 0.385. The Bertz CT molecular complexity index is 327. The Balaban J connectivity index is 3.14. The monoisotopic (exact) mass is 252 g/mol. The summed E-state index contributed by atoms with van der Waals surface area (Å²) in [6, 6.07) is 4.37. The maximum absolute atomic E-state index is 4.14. The molecule has 0 saturated heterocycles. The fourth-order valence-electron chi connectivity index (χ4n) is 1.79. The average Bonchev–Trinajstić information content (AvgIpc) is 2.01. The molecule has 0 amide bonds. The highest BCUT2D eigenvalue weighted by Gasteiger charge is 2.07. The van der Waals surface area contributed by atoms with Gasteiger partial charge in [0.1, 0.15) is 0 Å². The van der Waals surface area contributed by atoms with Gasteiger partial charge in [-0.3, -0.25) is 0 Å². The van der Waals surface area contributed by atoms with Crippen LogP contribution >= 0.6 is 15.9 Å². The molecule has 0 saturated carbocycles. The Kier molecular flexibility index (Phi) is 3.94. The number of aryl methyl sites for hydroxylation is 2. The molecule has 0 atom stereocenters. The van der Waals surface area contributed by atoms with E-state index in [9.17, 15) is 0 Å². The highest BCUT2D eigenvalue weighted by molar-refractivity contribution is 9.10. The molecule has 0 N–H and O–H groups in total. The lowest BCUT2D eigenvalue weighted by Gasteiger charge is -2.12. The second kappa shape index (κ2) is 4.79. The summed E-state index contributed by atoms with van der Waals surface area (Å²) in [4.78, 5) is 0. The van der Waals surface area contributed by atoms with Crippen LogP contribution in [0.1, 0.15) is 36.5 Å². The zero-order chi connectivity index (χ0) is 10.7. The number of benzene rings is 1. The van der Waals surface area contributed by atoms with Gasteiger partial charge in [-0.2, -0.15) is 0 Å². The molecule has 0 aliphatic heterocycles. The molecule has 1 aromatic rings. The van der Waals surface area contributed by atoms with Crippen LogP contribution in [0.15, 0.2) is 23.2 Å². The molecule has 1 rings (SSSR count). The number of rotatable bonds is 3. The molecule has 0 heterocycles. The Morgan fingerprint density at radius 3 is 2.50 bits per heavy atom. The van der Waals surface area contributed by atoms with Crippen LogP contribution in [0, 0.1) is 13.8 Å². The van der Waals surface area contributed by atoms with Crippen LogP contribution in [0.3, 0.4) is 0 Å². The summed E-state index contributed by atoms with van der Waals surface area (Å²) in [5, 5.41) is 0. The van der Waals surface area contributed by atoms with Gasteiger partial charge in [-0.1, -0.05) is 41.9 Å². The van der Waals surface area contributed by atoms with Gasteiger partial charge in [0.05, 0.1) is 0 Å². The van der Waals surface area contributed by atoms with E-state index in [2.05, 4.69) is 55.4 Å². The molecule has 0 spiro atoms. The SMILES string of the molecule is C=C(CCC)c1c(C)cc(C)cc1Br. The molecular weight excluding hydrogens is 236 g/mol. The Morgan fingerprint density at radius 2 is 2.00 bits per heavy atom. The minimum atomic E-state index is 1.07. The van der Waals surface area contributed by atoms with Crippen LogP contribution in [0.4, 0.5) is 0 Å². The third-order valence-electron chi connectivity index (χ3n) is 2.34. The molecular formula is C13H17Br. The molecule has 0 aliphatic carbocycles. The maximum atomic E-state index is 4.14. The second-order valence-corrected chi connectivity index (χ2v) is 4.65. The van der Waals surface area contributed by atoms with Gasteiger partial charge in [0.15, 0.2) is 0 Å². The first-order valence-corrected chi connectivity index (χ1v) is 5.80. The van der Waals surface area contributed by atoms with Crippen molar-refractivity contribution in [3.05, 3.63) is 39.9 Å². The van der Waals surface area contributed by atoms with Crippen molar-refractivity contribution < 1.29 is 0 Å². The molecule has 0 fully saturated rings. The lowest BCUT2D eigenvalue weighted by molar-refractivity contribution is 0.972. The maximum Gasteiger partial charge on any atom is 0.0255 e. The van der Waals surface area contributed by atoms with Crippen LogP contribution in [-0.2, 0) is 0 Å². The predicted molar refractivity (Wildman–Crippen MR) is 67.6 cm³/mol. The normalized spacial score (nSPS) is 10.3. The largest absolute Gasteiger partial charge is 0.0952 e. The molecule has 0 radical (unpaired) electrons. The van der Waals surface area contributed by atoms with E-state index >= 15 is 0 Å². The summed E-state index contributed by atoms with van der Waals surface area (Å²) in [6.07, 6.45) is 2.22. The van der Waals surface area contributed by atoms with Gasteiger partial charge in [0, 0.05) is 4.47 Å². The van der Waals surface area contributed by atoms with Crippen molar-refractivity contribution >= 4 is 21.5 Å². The second-order valence-electron chi connectivity index (χ2n) is 3.79. The minimum Gasteiger partial charge on any atom is -0.0952 e. The molecule has 1 aromatic carbocycles. The Morgan fingerprint density at radius 1 is 1.36 bits per heavy atom. The minimum absolute atomic E-state index is 1.07. The summed E-state index contributed by atoms with van der Waals surface area (Å²) in [7, 11) is 0. The van der Waals surface area contributed by atoms with Crippen molar-refractivity contribution in [2.45, 2.75) is 33.6 Å². The van der Waals surface area contributed by atoms with Gasteiger partial charge in [0.25, 0.3) is 0 Å². The van der Waals surface area contributed by atoms with Gasteiger partial charge < -0.3 is 0 Å².